The first-order valence-electron chi connectivity index (χ1n) is 13.1. The fraction of sp³-hybridized carbons (Fsp3) is 0.621. The number of aryl methyl sites for hydroxylation is 1. The summed E-state index contributed by atoms with van der Waals surface area (Å²) in [7, 11) is 0. The van der Waals surface area contributed by atoms with E-state index in [1.54, 1.807) is 6.07 Å². The zero-order valence-electron chi connectivity index (χ0n) is 22.1. The van der Waals surface area contributed by atoms with Crippen molar-refractivity contribution < 1.29 is 28.6 Å². The van der Waals surface area contributed by atoms with Crippen LogP contribution in [0.5, 0.6) is 5.75 Å². The van der Waals surface area contributed by atoms with Crippen LogP contribution in [-0.2, 0) is 25.5 Å². The highest BCUT2D eigenvalue weighted by Crippen LogP contribution is 2.65. The predicted molar refractivity (Wildman–Crippen MR) is 144 cm³/mol. The SMILES string of the molecule is C#C[C@]1(OC(C)=O)CC[C@H]2[C@@H]3CCc4cc(OC(=O)N(CCCl)CCCl)ccc4[C@H]3[C@H](OC(C)=O)C[C@@]21C. The Morgan fingerprint density at radius 3 is 2.45 bits per heavy atom. The lowest BCUT2D eigenvalue weighted by molar-refractivity contribution is -0.179. The van der Waals surface area contributed by atoms with Gasteiger partial charge in [0.1, 0.15) is 11.9 Å². The van der Waals surface area contributed by atoms with Crippen molar-refractivity contribution in [2.45, 2.75) is 70.5 Å². The molecule has 6 atom stereocenters. The summed E-state index contributed by atoms with van der Waals surface area (Å²) in [6, 6.07) is 5.67. The van der Waals surface area contributed by atoms with Crippen LogP contribution < -0.4 is 4.74 Å². The van der Waals surface area contributed by atoms with Crippen molar-refractivity contribution in [1.82, 2.24) is 4.90 Å². The molecule has 0 N–H and O–H groups in total. The van der Waals surface area contributed by atoms with Crippen molar-refractivity contribution in [2.75, 3.05) is 24.8 Å². The largest absolute Gasteiger partial charge is 0.462 e. The summed E-state index contributed by atoms with van der Waals surface area (Å²) in [5.74, 6) is 3.49. The Morgan fingerprint density at radius 1 is 1.13 bits per heavy atom. The van der Waals surface area contributed by atoms with Crippen molar-refractivity contribution in [1.29, 1.82) is 0 Å². The quantitative estimate of drug-likeness (QED) is 0.254. The van der Waals surface area contributed by atoms with Crippen LogP contribution in [0.1, 0.15) is 63.5 Å². The van der Waals surface area contributed by atoms with E-state index in [1.807, 2.05) is 12.1 Å². The minimum atomic E-state index is -1.02. The summed E-state index contributed by atoms with van der Waals surface area (Å²) < 4.78 is 17.4. The molecule has 9 heteroatoms. The fourth-order valence-electron chi connectivity index (χ4n) is 7.33. The third-order valence-corrected chi connectivity index (χ3v) is 9.15. The summed E-state index contributed by atoms with van der Waals surface area (Å²) in [5.41, 5.74) is 0.622. The molecule has 0 spiro atoms. The third kappa shape index (κ3) is 5.10. The van der Waals surface area contributed by atoms with Crippen molar-refractivity contribution in [2.24, 2.45) is 17.3 Å². The van der Waals surface area contributed by atoms with Gasteiger partial charge in [0, 0.05) is 50.0 Å². The predicted octanol–water partition coefficient (Wildman–Crippen LogP) is 5.30. The van der Waals surface area contributed by atoms with E-state index in [9.17, 15) is 14.4 Å². The van der Waals surface area contributed by atoms with E-state index in [-0.39, 0.29) is 35.5 Å². The number of hydrogen-bond donors (Lipinski definition) is 0. The van der Waals surface area contributed by atoms with E-state index >= 15 is 0 Å². The van der Waals surface area contributed by atoms with E-state index in [0.29, 0.717) is 31.7 Å². The first-order chi connectivity index (χ1) is 18.1. The number of benzene rings is 1. The summed E-state index contributed by atoms with van der Waals surface area (Å²) in [5, 5.41) is 0. The molecule has 0 bridgehead atoms. The maximum absolute atomic E-state index is 12.7. The Kier molecular flexibility index (Phi) is 8.54. The minimum Gasteiger partial charge on any atom is -0.462 e. The van der Waals surface area contributed by atoms with Gasteiger partial charge in [0.15, 0.2) is 5.60 Å². The van der Waals surface area contributed by atoms with Gasteiger partial charge in [-0.25, -0.2) is 4.79 Å². The summed E-state index contributed by atoms with van der Waals surface area (Å²) >= 11 is 11.6. The van der Waals surface area contributed by atoms with Gasteiger partial charge >= 0.3 is 18.0 Å². The molecule has 0 radical (unpaired) electrons. The summed E-state index contributed by atoms with van der Waals surface area (Å²) in [6.07, 6.45) is 8.67. The zero-order chi connectivity index (χ0) is 27.7. The number of carbonyl (C=O) groups is 3. The summed E-state index contributed by atoms with van der Waals surface area (Å²) in [6.45, 7) is 5.58. The average molecular weight is 565 g/mol. The standard InChI is InChI=1S/C29H35Cl2NO6/c1-5-29(38-19(3)34)11-10-24-23-8-6-20-16-21(37-27(35)32(14-12-30)15-13-31)7-9-22(20)26(23)25(36-18(2)33)17-28(24,29)4/h1,7,9,16,23-26H,6,8,10-15,17H2,2-4H3/t23-,24-,25+,26+,28-,29-/m0/s1. The molecule has 1 aromatic rings. The number of alkyl halides is 2. The number of terminal acetylenes is 1. The van der Waals surface area contributed by atoms with Crippen LogP contribution in [0.4, 0.5) is 4.79 Å². The second kappa shape index (κ2) is 11.4. The lowest BCUT2D eigenvalue weighted by Gasteiger charge is -2.55. The molecule has 2 saturated carbocycles. The molecule has 2 fully saturated rings. The molecule has 4 rings (SSSR count). The number of halogens is 2. The van der Waals surface area contributed by atoms with Gasteiger partial charge in [0.25, 0.3) is 0 Å². The van der Waals surface area contributed by atoms with E-state index in [0.717, 1.165) is 30.4 Å². The van der Waals surface area contributed by atoms with Gasteiger partial charge in [-0.2, -0.15) is 0 Å². The number of nitrogens with zero attached hydrogens (tertiary/aromatic N) is 1. The number of fused-ring (bicyclic) bond motifs is 5. The maximum Gasteiger partial charge on any atom is 0.415 e. The molecule has 0 saturated heterocycles. The Labute approximate surface area is 234 Å². The van der Waals surface area contributed by atoms with Gasteiger partial charge in [0.2, 0.25) is 0 Å². The van der Waals surface area contributed by atoms with Crippen molar-refractivity contribution in [3.05, 3.63) is 29.3 Å². The lowest BCUT2D eigenvalue weighted by Crippen LogP contribution is -2.56. The maximum atomic E-state index is 12.7. The Balaban J connectivity index is 1.65. The normalized spacial score (nSPS) is 31.2. The number of hydrogen-bond acceptors (Lipinski definition) is 6. The smallest absolute Gasteiger partial charge is 0.415 e. The summed E-state index contributed by atoms with van der Waals surface area (Å²) in [4.78, 5) is 38.4. The molecule has 3 aliphatic rings. The zero-order valence-corrected chi connectivity index (χ0v) is 23.6. The molecule has 7 nitrogen and oxygen atoms in total. The van der Waals surface area contributed by atoms with Crippen LogP contribution in [0.3, 0.4) is 0 Å². The van der Waals surface area contributed by atoms with E-state index < -0.39 is 29.2 Å². The Morgan fingerprint density at radius 2 is 1.84 bits per heavy atom. The van der Waals surface area contributed by atoms with Gasteiger partial charge in [-0.05, 0) is 67.2 Å². The second-order valence-electron chi connectivity index (χ2n) is 10.8. The highest BCUT2D eigenvalue weighted by Gasteiger charge is 2.66. The number of rotatable bonds is 7. The average Bonchev–Trinajstić information content (AvgIpc) is 3.14. The molecule has 0 unspecified atom stereocenters. The lowest BCUT2D eigenvalue weighted by atomic mass is 9.52. The van der Waals surface area contributed by atoms with Gasteiger partial charge < -0.3 is 19.1 Å². The third-order valence-electron chi connectivity index (χ3n) is 8.81. The highest BCUT2D eigenvalue weighted by molar-refractivity contribution is 6.18. The van der Waals surface area contributed by atoms with Crippen molar-refractivity contribution in [3.8, 4) is 18.1 Å². The second-order valence-corrected chi connectivity index (χ2v) is 11.6. The van der Waals surface area contributed by atoms with Gasteiger partial charge in [-0.15, -0.1) is 29.6 Å². The van der Waals surface area contributed by atoms with Crippen molar-refractivity contribution in [3.63, 3.8) is 0 Å². The first-order valence-corrected chi connectivity index (χ1v) is 14.2. The van der Waals surface area contributed by atoms with Crippen LogP contribution in [0.2, 0.25) is 0 Å². The van der Waals surface area contributed by atoms with E-state index in [2.05, 4.69) is 12.8 Å². The number of carbonyl (C=O) groups excluding carboxylic acids is 3. The number of amides is 1. The molecule has 1 aromatic carbocycles. The topological polar surface area (TPSA) is 82.1 Å². The van der Waals surface area contributed by atoms with Crippen LogP contribution in [-0.4, -0.2) is 59.5 Å². The van der Waals surface area contributed by atoms with Gasteiger partial charge in [-0.1, -0.05) is 18.9 Å². The molecular formula is C29H35Cl2NO6. The van der Waals surface area contributed by atoms with Crippen LogP contribution in [0.25, 0.3) is 0 Å². The first kappa shape index (κ1) is 28.6. The van der Waals surface area contributed by atoms with E-state index in [4.69, 9.17) is 43.8 Å². The van der Waals surface area contributed by atoms with Gasteiger partial charge in [0.05, 0.1) is 0 Å². The number of esters is 2. The number of ether oxygens (including phenoxy) is 3. The van der Waals surface area contributed by atoms with Gasteiger partial charge in [-0.3, -0.25) is 9.59 Å². The Hall–Kier alpha value is -2.43. The molecule has 0 aliphatic heterocycles. The van der Waals surface area contributed by atoms with Crippen LogP contribution in [0, 0.1) is 29.6 Å². The monoisotopic (exact) mass is 563 g/mol. The molecule has 0 heterocycles. The molecule has 3 aliphatic carbocycles. The minimum absolute atomic E-state index is 0.0274. The molecular weight excluding hydrogens is 529 g/mol. The fourth-order valence-corrected chi connectivity index (χ4v) is 7.74. The molecule has 206 valence electrons. The van der Waals surface area contributed by atoms with Crippen LogP contribution >= 0.6 is 23.2 Å². The molecule has 0 aromatic heterocycles. The van der Waals surface area contributed by atoms with Crippen LogP contribution in [0.15, 0.2) is 18.2 Å². The molecule has 1 amide bonds. The van der Waals surface area contributed by atoms with E-state index in [1.165, 1.54) is 18.7 Å². The highest BCUT2D eigenvalue weighted by atomic mass is 35.5. The van der Waals surface area contributed by atoms with Crippen molar-refractivity contribution >= 4 is 41.2 Å². The molecule has 38 heavy (non-hydrogen) atoms. The Bertz CT molecular complexity index is 1130.